The summed E-state index contributed by atoms with van der Waals surface area (Å²) in [6.45, 7) is 4.74. The summed E-state index contributed by atoms with van der Waals surface area (Å²) in [5.41, 5.74) is 0.461. The van der Waals surface area contributed by atoms with Crippen molar-refractivity contribution in [1.82, 2.24) is 14.7 Å². The largest absolute Gasteiger partial charge is 0.504 e. The highest BCUT2D eigenvalue weighted by Gasteiger charge is 2.33. The molecule has 2 aromatic rings. The Morgan fingerprint density at radius 1 is 1.41 bits per heavy atom. The van der Waals surface area contributed by atoms with Gasteiger partial charge in [0.1, 0.15) is 5.82 Å². The number of nitrogens with zero attached hydrogens (tertiary/aromatic N) is 3. The highest BCUT2D eigenvalue weighted by atomic mass is 19.1. The molecule has 1 amide bonds. The predicted octanol–water partition coefficient (Wildman–Crippen LogP) is 2.59. The van der Waals surface area contributed by atoms with Gasteiger partial charge in [0, 0.05) is 12.6 Å². The lowest BCUT2D eigenvalue weighted by Gasteiger charge is -2.20. The molecule has 3 rings (SSSR count). The van der Waals surface area contributed by atoms with Gasteiger partial charge in [0.2, 0.25) is 0 Å². The summed E-state index contributed by atoms with van der Waals surface area (Å²) in [4.78, 5) is 14.3. The van der Waals surface area contributed by atoms with Crippen molar-refractivity contribution < 1.29 is 14.3 Å². The van der Waals surface area contributed by atoms with E-state index in [9.17, 15) is 14.3 Å². The van der Waals surface area contributed by atoms with Gasteiger partial charge in [-0.15, -0.1) is 0 Å². The molecule has 116 valence electrons. The molecule has 0 saturated carbocycles. The molecule has 0 aliphatic carbocycles. The number of hydrogen-bond acceptors (Lipinski definition) is 3. The van der Waals surface area contributed by atoms with Crippen LogP contribution in [0.3, 0.4) is 0 Å². The van der Waals surface area contributed by atoms with Crippen molar-refractivity contribution >= 4 is 5.91 Å². The molecule has 5 nitrogen and oxygen atoms in total. The molecule has 1 N–H and O–H groups in total. The van der Waals surface area contributed by atoms with Crippen LogP contribution in [0.5, 0.6) is 5.75 Å². The number of aromatic nitrogens is 2. The third-order valence-corrected chi connectivity index (χ3v) is 4.02. The van der Waals surface area contributed by atoms with Crippen LogP contribution in [0.1, 0.15) is 30.8 Å². The minimum Gasteiger partial charge on any atom is -0.504 e. The summed E-state index contributed by atoms with van der Waals surface area (Å²) in [7, 11) is 0. The van der Waals surface area contributed by atoms with Crippen LogP contribution in [0, 0.1) is 11.7 Å². The zero-order chi connectivity index (χ0) is 15.9. The predicted molar refractivity (Wildman–Crippen MR) is 79.5 cm³/mol. The zero-order valence-corrected chi connectivity index (χ0v) is 12.5. The molecule has 1 aliphatic rings. The Bertz CT molecular complexity index is 713. The molecule has 22 heavy (non-hydrogen) atoms. The van der Waals surface area contributed by atoms with Crippen molar-refractivity contribution in [2.75, 3.05) is 6.54 Å². The lowest BCUT2D eigenvalue weighted by atomic mass is 10.1. The van der Waals surface area contributed by atoms with Crippen LogP contribution in [0.25, 0.3) is 5.69 Å². The van der Waals surface area contributed by atoms with Crippen LogP contribution in [0.4, 0.5) is 4.39 Å². The Labute approximate surface area is 128 Å². The lowest BCUT2D eigenvalue weighted by molar-refractivity contribution is 0.0734. The van der Waals surface area contributed by atoms with Gasteiger partial charge >= 0.3 is 0 Å². The number of hydrogen-bond donors (Lipinski definition) is 1. The molecule has 1 aromatic heterocycles. The van der Waals surface area contributed by atoms with E-state index >= 15 is 0 Å². The van der Waals surface area contributed by atoms with Crippen molar-refractivity contribution in [3.05, 3.63) is 42.0 Å². The van der Waals surface area contributed by atoms with Gasteiger partial charge < -0.3 is 10.0 Å². The van der Waals surface area contributed by atoms with Crippen LogP contribution >= 0.6 is 0 Å². The number of rotatable bonds is 2. The first-order chi connectivity index (χ1) is 10.5. The maximum absolute atomic E-state index is 13.3. The highest BCUT2D eigenvalue weighted by Crippen LogP contribution is 2.27. The van der Waals surface area contributed by atoms with Crippen LogP contribution in [-0.4, -0.2) is 38.3 Å². The van der Waals surface area contributed by atoms with Crippen molar-refractivity contribution in [3.63, 3.8) is 0 Å². The molecule has 0 radical (unpaired) electrons. The fourth-order valence-corrected chi connectivity index (χ4v) is 2.99. The van der Waals surface area contributed by atoms with E-state index in [-0.39, 0.29) is 23.4 Å². The average Bonchev–Trinajstić information content (AvgIpc) is 3.01. The molecule has 1 saturated heterocycles. The minimum absolute atomic E-state index is 0.00483. The third-order valence-electron chi connectivity index (χ3n) is 4.02. The number of carbonyl (C=O) groups is 1. The van der Waals surface area contributed by atoms with Crippen molar-refractivity contribution in [2.24, 2.45) is 5.92 Å². The van der Waals surface area contributed by atoms with Crippen LogP contribution in [-0.2, 0) is 0 Å². The van der Waals surface area contributed by atoms with Crippen molar-refractivity contribution in [2.45, 2.75) is 26.3 Å². The first-order valence-corrected chi connectivity index (χ1v) is 7.31. The SMILES string of the molecule is CC1CC(C)N(C(=O)c2nn(-c3cccc(F)c3)cc2O)C1. The standard InChI is InChI=1S/C16H18FN3O2/c1-10-6-11(2)19(8-10)16(22)15-14(21)9-20(18-15)13-5-3-4-12(17)7-13/h3-5,7,9-11,21H,6,8H2,1-2H3. The van der Waals surface area contributed by atoms with Gasteiger partial charge in [-0.2, -0.15) is 5.10 Å². The number of halogens is 1. The van der Waals surface area contributed by atoms with Crippen LogP contribution in [0.15, 0.2) is 30.5 Å². The number of benzene rings is 1. The van der Waals surface area contributed by atoms with E-state index in [1.54, 1.807) is 17.0 Å². The van der Waals surface area contributed by atoms with E-state index < -0.39 is 5.82 Å². The van der Waals surface area contributed by atoms with Crippen molar-refractivity contribution in [1.29, 1.82) is 0 Å². The van der Waals surface area contributed by atoms with Crippen LogP contribution < -0.4 is 0 Å². The zero-order valence-electron chi connectivity index (χ0n) is 12.5. The second kappa shape index (κ2) is 5.44. The molecule has 1 fully saturated rings. The second-order valence-corrected chi connectivity index (χ2v) is 5.93. The molecule has 2 heterocycles. The number of amides is 1. The van der Waals surface area contributed by atoms with Gasteiger partial charge in [-0.3, -0.25) is 4.79 Å². The third kappa shape index (κ3) is 2.56. The molecular formula is C16H18FN3O2. The van der Waals surface area contributed by atoms with Gasteiger partial charge in [-0.05, 0) is 37.5 Å². The fourth-order valence-electron chi connectivity index (χ4n) is 2.99. The number of likely N-dealkylation sites (tertiary alicyclic amines) is 1. The summed E-state index contributed by atoms with van der Waals surface area (Å²) in [5.74, 6) is -0.445. The second-order valence-electron chi connectivity index (χ2n) is 5.93. The van der Waals surface area contributed by atoms with E-state index in [1.807, 2.05) is 6.92 Å². The molecule has 2 unspecified atom stereocenters. The summed E-state index contributed by atoms with van der Waals surface area (Å²) in [5, 5.41) is 14.2. The monoisotopic (exact) mass is 303 g/mol. The van der Waals surface area contributed by atoms with E-state index in [2.05, 4.69) is 12.0 Å². The Hall–Kier alpha value is -2.37. The van der Waals surface area contributed by atoms with Crippen molar-refractivity contribution in [3.8, 4) is 11.4 Å². The minimum atomic E-state index is -0.401. The molecular weight excluding hydrogens is 285 g/mol. The first-order valence-electron chi connectivity index (χ1n) is 7.31. The number of aromatic hydroxyl groups is 1. The quantitative estimate of drug-likeness (QED) is 0.927. The van der Waals surface area contributed by atoms with E-state index in [0.29, 0.717) is 18.2 Å². The van der Waals surface area contributed by atoms with Gasteiger partial charge in [0.05, 0.1) is 11.9 Å². The summed E-state index contributed by atoms with van der Waals surface area (Å²) in [6, 6.07) is 5.95. The van der Waals surface area contributed by atoms with E-state index in [1.165, 1.54) is 23.0 Å². The molecule has 6 heteroatoms. The van der Waals surface area contributed by atoms with E-state index in [4.69, 9.17) is 0 Å². The Kier molecular flexibility index (Phi) is 3.60. The maximum atomic E-state index is 13.3. The first kappa shape index (κ1) is 14.6. The number of carbonyl (C=O) groups excluding carboxylic acids is 1. The highest BCUT2D eigenvalue weighted by molar-refractivity contribution is 5.95. The van der Waals surface area contributed by atoms with Crippen LogP contribution in [0.2, 0.25) is 0 Å². The summed E-state index contributed by atoms with van der Waals surface area (Å²) >= 11 is 0. The molecule has 0 bridgehead atoms. The molecule has 1 aliphatic heterocycles. The average molecular weight is 303 g/mol. The molecule has 0 spiro atoms. The Morgan fingerprint density at radius 2 is 2.18 bits per heavy atom. The van der Waals surface area contributed by atoms with Gasteiger partial charge in [0.25, 0.3) is 5.91 Å². The fraction of sp³-hybridized carbons (Fsp3) is 0.375. The smallest absolute Gasteiger partial charge is 0.278 e. The normalized spacial score (nSPS) is 21.3. The van der Waals surface area contributed by atoms with Gasteiger partial charge in [0.15, 0.2) is 11.4 Å². The Balaban J connectivity index is 1.91. The molecule has 2 atom stereocenters. The Morgan fingerprint density at radius 3 is 2.82 bits per heavy atom. The molecule has 1 aromatic carbocycles. The maximum Gasteiger partial charge on any atom is 0.278 e. The van der Waals surface area contributed by atoms with Gasteiger partial charge in [-0.1, -0.05) is 13.0 Å². The van der Waals surface area contributed by atoms with E-state index in [0.717, 1.165) is 6.42 Å². The summed E-state index contributed by atoms with van der Waals surface area (Å²) in [6.07, 6.45) is 2.27. The lowest BCUT2D eigenvalue weighted by Crippen LogP contribution is -2.34. The van der Waals surface area contributed by atoms with Gasteiger partial charge in [-0.25, -0.2) is 9.07 Å². The summed E-state index contributed by atoms with van der Waals surface area (Å²) < 4.78 is 14.6. The topological polar surface area (TPSA) is 58.4 Å².